The highest BCUT2D eigenvalue weighted by Crippen LogP contribution is 2.17. The molecule has 5 nitrogen and oxygen atoms in total. The Morgan fingerprint density at radius 2 is 1.40 bits per heavy atom. The van der Waals surface area contributed by atoms with Gasteiger partial charge in [-0.2, -0.15) is 0 Å². The summed E-state index contributed by atoms with van der Waals surface area (Å²) in [4.78, 5) is 28.8. The van der Waals surface area contributed by atoms with E-state index in [1.165, 1.54) is 0 Å². The lowest BCUT2D eigenvalue weighted by molar-refractivity contribution is 0.0535. The Kier molecular flexibility index (Phi) is 5.38. The number of ether oxygens (including phenoxy) is 1. The van der Waals surface area contributed by atoms with Crippen LogP contribution in [0.2, 0.25) is 0 Å². The molecule has 0 saturated carbocycles. The number of carbonyl (C=O) groups is 2. The van der Waals surface area contributed by atoms with Crippen LogP contribution in [0.4, 0.5) is 0 Å². The van der Waals surface area contributed by atoms with Crippen LogP contribution >= 0.6 is 15.9 Å². The van der Waals surface area contributed by atoms with Gasteiger partial charge in [0.1, 0.15) is 5.75 Å². The van der Waals surface area contributed by atoms with Crippen LogP contribution < -0.4 is 4.74 Å². The minimum Gasteiger partial charge on any atom is -0.497 e. The number of halogens is 1. The lowest BCUT2D eigenvalue weighted by atomic mass is 10.1. The predicted octanol–water partition coefficient (Wildman–Crippen LogP) is 3.06. The molecule has 0 aromatic heterocycles. The Bertz CT molecular complexity index is 786. The van der Waals surface area contributed by atoms with E-state index >= 15 is 0 Å². The Hall–Kier alpha value is -2.34. The molecule has 1 aliphatic rings. The van der Waals surface area contributed by atoms with Crippen molar-refractivity contribution in [3.05, 3.63) is 64.1 Å². The summed E-state index contributed by atoms with van der Waals surface area (Å²) >= 11 is 3.39. The highest BCUT2D eigenvalue weighted by molar-refractivity contribution is 9.10. The number of amides is 2. The molecule has 0 bridgehead atoms. The maximum Gasteiger partial charge on any atom is 0.254 e. The summed E-state index contributed by atoms with van der Waals surface area (Å²) in [6, 6.07) is 14.5. The summed E-state index contributed by atoms with van der Waals surface area (Å²) < 4.78 is 6.05. The standard InChI is InChI=1S/C19H19BrN2O3/c1-25-17-7-3-5-15(13-17)19(24)22-10-8-21(9-11-22)18(23)14-4-2-6-16(20)12-14/h2-7,12-13H,8-11H2,1H3. The molecule has 2 aromatic carbocycles. The number of hydrogen-bond acceptors (Lipinski definition) is 3. The predicted molar refractivity (Wildman–Crippen MR) is 98.9 cm³/mol. The number of nitrogens with zero attached hydrogens (tertiary/aromatic N) is 2. The Balaban J connectivity index is 1.63. The van der Waals surface area contributed by atoms with Crippen LogP contribution in [-0.4, -0.2) is 54.9 Å². The van der Waals surface area contributed by atoms with E-state index in [1.54, 1.807) is 41.2 Å². The molecule has 130 valence electrons. The van der Waals surface area contributed by atoms with E-state index in [2.05, 4.69) is 15.9 Å². The number of rotatable bonds is 3. The quantitative estimate of drug-likeness (QED) is 0.792. The summed E-state index contributed by atoms with van der Waals surface area (Å²) in [6.07, 6.45) is 0. The van der Waals surface area contributed by atoms with Crippen molar-refractivity contribution in [2.75, 3.05) is 33.3 Å². The van der Waals surface area contributed by atoms with Crippen LogP contribution in [0.1, 0.15) is 20.7 Å². The van der Waals surface area contributed by atoms with Gasteiger partial charge in [0.2, 0.25) is 0 Å². The fraction of sp³-hybridized carbons (Fsp3) is 0.263. The second-order valence-corrected chi connectivity index (χ2v) is 6.74. The van der Waals surface area contributed by atoms with Crippen LogP contribution in [0.3, 0.4) is 0 Å². The monoisotopic (exact) mass is 402 g/mol. The summed E-state index contributed by atoms with van der Waals surface area (Å²) in [6.45, 7) is 2.10. The third-order valence-electron chi connectivity index (χ3n) is 4.24. The van der Waals surface area contributed by atoms with Gasteiger partial charge in [-0.1, -0.05) is 28.1 Å². The van der Waals surface area contributed by atoms with Crippen molar-refractivity contribution in [1.82, 2.24) is 9.80 Å². The van der Waals surface area contributed by atoms with Gasteiger partial charge in [0.15, 0.2) is 0 Å². The minimum atomic E-state index is -0.0338. The molecule has 25 heavy (non-hydrogen) atoms. The molecule has 0 radical (unpaired) electrons. The molecule has 2 aromatic rings. The minimum absolute atomic E-state index is 0.00483. The second kappa shape index (κ2) is 7.70. The lowest BCUT2D eigenvalue weighted by Crippen LogP contribution is -2.50. The highest BCUT2D eigenvalue weighted by atomic mass is 79.9. The first-order valence-corrected chi connectivity index (χ1v) is 8.86. The van der Waals surface area contributed by atoms with E-state index in [1.807, 2.05) is 24.3 Å². The van der Waals surface area contributed by atoms with Gasteiger partial charge >= 0.3 is 0 Å². The first-order valence-electron chi connectivity index (χ1n) is 8.06. The van der Waals surface area contributed by atoms with E-state index < -0.39 is 0 Å². The molecule has 1 aliphatic heterocycles. The Morgan fingerprint density at radius 1 is 0.880 bits per heavy atom. The summed E-state index contributed by atoms with van der Waals surface area (Å²) in [5.41, 5.74) is 1.26. The van der Waals surface area contributed by atoms with Crippen molar-refractivity contribution < 1.29 is 14.3 Å². The number of piperazine rings is 1. The van der Waals surface area contributed by atoms with Gasteiger partial charge in [0.25, 0.3) is 11.8 Å². The van der Waals surface area contributed by atoms with Gasteiger partial charge in [0.05, 0.1) is 7.11 Å². The summed E-state index contributed by atoms with van der Waals surface area (Å²) in [5.74, 6) is 0.623. The smallest absolute Gasteiger partial charge is 0.254 e. The van der Waals surface area contributed by atoms with E-state index in [4.69, 9.17) is 4.74 Å². The Labute approximate surface area is 155 Å². The molecule has 3 rings (SSSR count). The summed E-state index contributed by atoms with van der Waals surface area (Å²) in [5, 5.41) is 0. The zero-order chi connectivity index (χ0) is 17.8. The maximum absolute atomic E-state index is 12.6. The van der Waals surface area contributed by atoms with E-state index in [-0.39, 0.29) is 11.8 Å². The molecular weight excluding hydrogens is 384 g/mol. The van der Waals surface area contributed by atoms with Crippen LogP contribution in [0.25, 0.3) is 0 Å². The SMILES string of the molecule is COc1cccc(C(=O)N2CCN(C(=O)c3cccc(Br)c3)CC2)c1. The van der Waals surface area contributed by atoms with Gasteiger partial charge in [-0.3, -0.25) is 9.59 Å². The average molecular weight is 403 g/mol. The molecule has 6 heteroatoms. The molecular formula is C19H19BrN2O3. The topological polar surface area (TPSA) is 49.9 Å². The van der Waals surface area contributed by atoms with Crippen molar-refractivity contribution >= 4 is 27.7 Å². The van der Waals surface area contributed by atoms with Crippen molar-refractivity contribution in [2.45, 2.75) is 0 Å². The average Bonchev–Trinajstić information content (AvgIpc) is 2.67. The first kappa shape index (κ1) is 17.5. The van der Waals surface area contributed by atoms with E-state index in [0.717, 1.165) is 4.47 Å². The van der Waals surface area contributed by atoms with Crippen LogP contribution in [-0.2, 0) is 0 Å². The number of hydrogen-bond donors (Lipinski definition) is 0. The molecule has 0 aliphatic carbocycles. The fourth-order valence-corrected chi connectivity index (χ4v) is 3.25. The molecule has 2 amide bonds. The molecule has 1 heterocycles. The van der Waals surface area contributed by atoms with Crippen LogP contribution in [0, 0.1) is 0 Å². The van der Waals surface area contributed by atoms with Crippen molar-refractivity contribution in [1.29, 1.82) is 0 Å². The van der Waals surface area contributed by atoms with Crippen molar-refractivity contribution in [3.63, 3.8) is 0 Å². The van der Waals surface area contributed by atoms with Crippen LogP contribution in [0.5, 0.6) is 5.75 Å². The number of benzene rings is 2. The van der Waals surface area contributed by atoms with Crippen LogP contribution in [0.15, 0.2) is 53.0 Å². The van der Waals surface area contributed by atoms with Crippen molar-refractivity contribution in [2.24, 2.45) is 0 Å². The molecule has 1 fully saturated rings. The lowest BCUT2D eigenvalue weighted by Gasteiger charge is -2.35. The van der Waals surface area contributed by atoms with Gasteiger partial charge < -0.3 is 14.5 Å². The van der Waals surface area contributed by atoms with Gasteiger partial charge in [-0.15, -0.1) is 0 Å². The molecule has 0 N–H and O–H groups in total. The molecule has 0 unspecified atom stereocenters. The fourth-order valence-electron chi connectivity index (χ4n) is 2.86. The molecule has 1 saturated heterocycles. The van der Waals surface area contributed by atoms with Gasteiger partial charge in [-0.25, -0.2) is 0 Å². The zero-order valence-electron chi connectivity index (χ0n) is 13.9. The van der Waals surface area contributed by atoms with E-state index in [9.17, 15) is 9.59 Å². The second-order valence-electron chi connectivity index (χ2n) is 5.83. The third kappa shape index (κ3) is 4.02. The largest absolute Gasteiger partial charge is 0.497 e. The highest BCUT2D eigenvalue weighted by Gasteiger charge is 2.25. The molecule has 0 spiro atoms. The van der Waals surface area contributed by atoms with Gasteiger partial charge in [-0.05, 0) is 36.4 Å². The van der Waals surface area contributed by atoms with E-state index in [0.29, 0.717) is 43.1 Å². The zero-order valence-corrected chi connectivity index (χ0v) is 15.5. The number of carbonyl (C=O) groups excluding carboxylic acids is 2. The number of methoxy groups -OCH3 is 1. The first-order chi connectivity index (χ1) is 12.1. The van der Waals surface area contributed by atoms with Crippen molar-refractivity contribution in [3.8, 4) is 5.75 Å². The van der Waals surface area contributed by atoms with Gasteiger partial charge in [0, 0.05) is 41.8 Å². The molecule has 0 atom stereocenters. The maximum atomic E-state index is 12.6. The summed E-state index contributed by atoms with van der Waals surface area (Å²) in [7, 11) is 1.58. The normalized spacial score (nSPS) is 14.3. The Morgan fingerprint density at radius 3 is 1.92 bits per heavy atom. The third-order valence-corrected chi connectivity index (χ3v) is 4.74.